The van der Waals surface area contributed by atoms with Crippen LogP contribution in [0.25, 0.3) is 0 Å². The fourth-order valence-electron chi connectivity index (χ4n) is 1.98. The molecule has 6 heteroatoms. The highest BCUT2D eigenvalue weighted by Gasteiger charge is 2.17. The van der Waals surface area contributed by atoms with Gasteiger partial charge in [-0.2, -0.15) is 0 Å². The lowest BCUT2D eigenvalue weighted by Gasteiger charge is -2.23. The molecule has 0 amide bonds. The zero-order chi connectivity index (χ0) is 17.8. The summed E-state index contributed by atoms with van der Waals surface area (Å²) in [6, 6.07) is 0. The summed E-state index contributed by atoms with van der Waals surface area (Å²) < 4.78 is 15.4. The second-order valence-electron chi connectivity index (χ2n) is 5.70. The van der Waals surface area contributed by atoms with Crippen LogP contribution < -0.4 is 0 Å². The van der Waals surface area contributed by atoms with Gasteiger partial charge >= 0.3 is 11.9 Å². The maximum absolute atomic E-state index is 11.3. The molecule has 23 heavy (non-hydrogen) atoms. The lowest BCUT2D eigenvalue weighted by molar-refractivity contribution is -0.139. The molecule has 0 aromatic heterocycles. The van der Waals surface area contributed by atoms with Gasteiger partial charge in [-0.25, -0.2) is 9.59 Å². The number of carbonyl (C=O) groups is 2. The van der Waals surface area contributed by atoms with Gasteiger partial charge in [-0.05, 0) is 52.4 Å². The van der Waals surface area contributed by atoms with Gasteiger partial charge in [-0.3, -0.25) is 0 Å². The second-order valence-corrected chi connectivity index (χ2v) is 5.94. The van der Waals surface area contributed by atoms with Crippen molar-refractivity contribution in [2.45, 2.75) is 52.6 Å². The van der Waals surface area contributed by atoms with Crippen LogP contribution in [0.15, 0.2) is 24.3 Å². The van der Waals surface area contributed by atoms with Crippen LogP contribution in [0.4, 0.5) is 0 Å². The molecule has 5 nitrogen and oxygen atoms in total. The molecule has 3 radical (unpaired) electrons. The van der Waals surface area contributed by atoms with E-state index < -0.39 is 0 Å². The van der Waals surface area contributed by atoms with E-state index in [9.17, 15) is 9.59 Å². The van der Waals surface area contributed by atoms with Crippen LogP contribution >= 0.6 is 0 Å². The smallest absolute Gasteiger partial charge is 0.333 e. The Kier molecular flexibility index (Phi) is 11.3. The summed E-state index contributed by atoms with van der Waals surface area (Å²) in [5.74, 6) is -0.449. The summed E-state index contributed by atoms with van der Waals surface area (Å²) in [6.07, 6.45) is 3.21. The number of esters is 2. The van der Waals surface area contributed by atoms with E-state index in [4.69, 9.17) is 13.9 Å². The lowest BCUT2D eigenvalue weighted by Crippen LogP contribution is -2.21. The Balaban J connectivity index is 4.07. The minimum Gasteiger partial charge on any atom is -0.462 e. The SMILES string of the molecule is C=C(C)C(=O)OCCCC(CCCOC(=O)C(=C)C)C(C)O[Si]. The molecular formula is C17H27O5Si. The molecule has 129 valence electrons. The highest BCUT2D eigenvalue weighted by Crippen LogP contribution is 2.20. The van der Waals surface area contributed by atoms with E-state index in [1.165, 1.54) is 0 Å². The highest BCUT2D eigenvalue weighted by atomic mass is 28.2. The summed E-state index contributed by atoms with van der Waals surface area (Å²) in [6.45, 7) is 13.0. The number of ether oxygens (including phenoxy) is 2. The first kappa shape index (κ1) is 21.6. The fraction of sp³-hybridized carbons (Fsp3) is 0.647. The van der Waals surface area contributed by atoms with Gasteiger partial charge in [0.1, 0.15) is 0 Å². The lowest BCUT2D eigenvalue weighted by atomic mass is 9.93. The van der Waals surface area contributed by atoms with E-state index in [0.29, 0.717) is 24.4 Å². The Morgan fingerprint density at radius 3 is 1.65 bits per heavy atom. The molecule has 0 rings (SSSR count). The number of hydrogen-bond acceptors (Lipinski definition) is 5. The summed E-state index contributed by atoms with van der Waals surface area (Å²) in [5.41, 5.74) is 0.801. The van der Waals surface area contributed by atoms with Gasteiger partial charge in [0, 0.05) is 17.3 Å². The summed E-state index contributed by atoms with van der Waals surface area (Å²) >= 11 is 0. The van der Waals surface area contributed by atoms with Gasteiger partial charge in [0.15, 0.2) is 0 Å². The molecule has 1 unspecified atom stereocenters. The quantitative estimate of drug-likeness (QED) is 0.237. The fourth-order valence-corrected chi connectivity index (χ4v) is 2.17. The molecule has 0 saturated heterocycles. The van der Waals surface area contributed by atoms with Crippen LogP contribution in [0.5, 0.6) is 0 Å². The van der Waals surface area contributed by atoms with Crippen molar-refractivity contribution < 1.29 is 23.5 Å². The van der Waals surface area contributed by atoms with Crippen LogP contribution in [0.2, 0.25) is 0 Å². The molecule has 0 spiro atoms. The Morgan fingerprint density at radius 1 is 0.957 bits per heavy atom. The Labute approximate surface area is 142 Å². The Bertz CT molecular complexity index is 385. The van der Waals surface area contributed by atoms with E-state index in [2.05, 4.69) is 23.6 Å². The normalized spacial score (nSPS) is 11.9. The van der Waals surface area contributed by atoms with Crippen molar-refractivity contribution in [2.24, 2.45) is 5.92 Å². The van der Waals surface area contributed by atoms with Crippen LogP contribution in [0.3, 0.4) is 0 Å². The van der Waals surface area contributed by atoms with Gasteiger partial charge in [0.25, 0.3) is 0 Å². The van der Waals surface area contributed by atoms with Gasteiger partial charge in [0.05, 0.1) is 13.2 Å². The van der Waals surface area contributed by atoms with Crippen LogP contribution in [-0.4, -0.2) is 41.7 Å². The van der Waals surface area contributed by atoms with E-state index in [0.717, 1.165) is 25.7 Å². The van der Waals surface area contributed by atoms with Crippen LogP contribution in [0.1, 0.15) is 46.5 Å². The first-order valence-corrected chi connectivity index (χ1v) is 8.18. The third-order valence-corrected chi connectivity index (χ3v) is 3.82. The third kappa shape index (κ3) is 10.1. The van der Waals surface area contributed by atoms with Crippen molar-refractivity contribution in [3.8, 4) is 0 Å². The van der Waals surface area contributed by atoms with Crippen LogP contribution in [-0.2, 0) is 23.5 Å². The van der Waals surface area contributed by atoms with Crippen molar-refractivity contribution in [1.82, 2.24) is 0 Å². The number of rotatable bonds is 12. The first-order valence-electron chi connectivity index (χ1n) is 7.77. The van der Waals surface area contributed by atoms with Crippen molar-refractivity contribution in [3.63, 3.8) is 0 Å². The maximum atomic E-state index is 11.3. The molecule has 0 fully saturated rings. The average Bonchev–Trinajstić information content (AvgIpc) is 2.51. The topological polar surface area (TPSA) is 61.8 Å². The maximum Gasteiger partial charge on any atom is 0.333 e. The van der Waals surface area contributed by atoms with Crippen molar-refractivity contribution in [2.75, 3.05) is 13.2 Å². The monoisotopic (exact) mass is 339 g/mol. The molecule has 1 atom stereocenters. The molecule has 0 bridgehead atoms. The molecule has 0 N–H and O–H groups in total. The van der Waals surface area contributed by atoms with E-state index >= 15 is 0 Å². The van der Waals surface area contributed by atoms with E-state index in [1.54, 1.807) is 13.8 Å². The third-order valence-electron chi connectivity index (χ3n) is 3.45. The largest absolute Gasteiger partial charge is 0.462 e. The summed E-state index contributed by atoms with van der Waals surface area (Å²) in [7, 11) is 3.07. The predicted octanol–water partition coefficient (Wildman–Crippen LogP) is 2.89. The van der Waals surface area contributed by atoms with Crippen molar-refractivity contribution >= 4 is 22.4 Å². The molecule has 0 saturated carbocycles. The van der Waals surface area contributed by atoms with Gasteiger partial charge < -0.3 is 13.9 Å². The molecule has 0 aliphatic heterocycles. The molecule has 0 aromatic carbocycles. The standard InChI is InChI=1S/C17H27O5Si/c1-12(2)16(18)20-10-6-8-15(14(5)22-23)9-7-11-21-17(19)13(3)4/h14-15H,1,3,6-11H2,2,4-5H3. The number of hydrogen-bond donors (Lipinski definition) is 0. The molecule has 0 aromatic rings. The molecule has 0 heterocycles. The second kappa shape index (κ2) is 12.1. The predicted molar refractivity (Wildman–Crippen MR) is 89.8 cm³/mol. The Morgan fingerprint density at radius 2 is 1.35 bits per heavy atom. The molecular weight excluding hydrogens is 312 g/mol. The van der Waals surface area contributed by atoms with Crippen LogP contribution in [0, 0.1) is 5.92 Å². The minimum atomic E-state index is -0.363. The molecule has 0 aliphatic carbocycles. The zero-order valence-electron chi connectivity index (χ0n) is 14.4. The van der Waals surface area contributed by atoms with Gasteiger partial charge in [-0.15, -0.1) is 0 Å². The van der Waals surface area contributed by atoms with E-state index in [-0.39, 0.29) is 24.0 Å². The summed E-state index contributed by atoms with van der Waals surface area (Å²) in [5, 5.41) is 0. The summed E-state index contributed by atoms with van der Waals surface area (Å²) in [4.78, 5) is 22.6. The van der Waals surface area contributed by atoms with Crippen molar-refractivity contribution in [1.29, 1.82) is 0 Å². The van der Waals surface area contributed by atoms with Crippen molar-refractivity contribution in [3.05, 3.63) is 24.3 Å². The molecule has 0 aliphatic rings. The highest BCUT2D eigenvalue weighted by molar-refractivity contribution is 5.98. The first-order chi connectivity index (χ1) is 10.8. The Hall–Kier alpha value is -1.40. The minimum absolute atomic E-state index is 0.0142. The van der Waals surface area contributed by atoms with Gasteiger partial charge in [0.2, 0.25) is 10.5 Å². The zero-order valence-corrected chi connectivity index (χ0v) is 15.4. The average molecular weight is 339 g/mol. The van der Waals surface area contributed by atoms with Gasteiger partial charge in [-0.1, -0.05) is 13.2 Å². The number of carbonyl (C=O) groups excluding carboxylic acids is 2. The van der Waals surface area contributed by atoms with E-state index in [1.807, 2.05) is 6.92 Å².